The maximum Gasteiger partial charge on any atom is 0.119 e. The molecule has 19 heavy (non-hydrogen) atoms. The van der Waals surface area contributed by atoms with Gasteiger partial charge in [-0.05, 0) is 47.2 Å². The first kappa shape index (κ1) is 13.9. The highest BCUT2D eigenvalue weighted by atomic mass is 16.5. The Morgan fingerprint density at radius 3 is 2.53 bits per heavy atom. The monoisotopic (exact) mass is 258 g/mol. The standard InChI is InChI=1S/C17H22O2/c1-13(5-3-4-10-18)14-6-7-16-12-17(19-2)9-8-15(16)11-14/h6-9,11-13,18H,3-5,10H2,1-2H3. The number of benzene rings is 2. The molecule has 0 spiro atoms. The van der Waals surface area contributed by atoms with E-state index in [1.165, 1.54) is 16.3 Å². The van der Waals surface area contributed by atoms with E-state index in [0.717, 1.165) is 25.0 Å². The topological polar surface area (TPSA) is 29.5 Å². The third kappa shape index (κ3) is 3.48. The summed E-state index contributed by atoms with van der Waals surface area (Å²) >= 11 is 0. The zero-order valence-electron chi connectivity index (χ0n) is 11.7. The Bertz CT molecular complexity index is 534. The van der Waals surface area contributed by atoms with Gasteiger partial charge >= 0.3 is 0 Å². The molecule has 102 valence electrons. The summed E-state index contributed by atoms with van der Waals surface area (Å²) < 4.78 is 5.24. The summed E-state index contributed by atoms with van der Waals surface area (Å²) in [6.07, 6.45) is 3.11. The molecular weight excluding hydrogens is 236 g/mol. The van der Waals surface area contributed by atoms with Crippen LogP contribution in [-0.4, -0.2) is 18.8 Å². The van der Waals surface area contributed by atoms with Crippen LogP contribution in [0.1, 0.15) is 37.7 Å². The molecule has 2 rings (SSSR count). The molecule has 0 radical (unpaired) electrons. The second kappa shape index (κ2) is 6.58. The molecule has 2 nitrogen and oxygen atoms in total. The van der Waals surface area contributed by atoms with Gasteiger partial charge < -0.3 is 9.84 Å². The van der Waals surface area contributed by atoms with Crippen molar-refractivity contribution in [2.75, 3.05) is 13.7 Å². The molecule has 0 aromatic heterocycles. The Morgan fingerprint density at radius 1 is 1.05 bits per heavy atom. The van der Waals surface area contributed by atoms with Gasteiger partial charge in [0.1, 0.15) is 5.75 Å². The second-order valence-corrected chi connectivity index (χ2v) is 5.09. The molecule has 2 aromatic rings. The molecule has 2 heteroatoms. The molecule has 0 aliphatic heterocycles. The number of aliphatic hydroxyl groups excluding tert-OH is 1. The van der Waals surface area contributed by atoms with Crippen molar-refractivity contribution < 1.29 is 9.84 Å². The fourth-order valence-electron chi connectivity index (χ4n) is 2.40. The van der Waals surface area contributed by atoms with E-state index in [-0.39, 0.29) is 0 Å². The quantitative estimate of drug-likeness (QED) is 0.790. The minimum atomic E-state index is 0.296. The molecule has 0 saturated heterocycles. The van der Waals surface area contributed by atoms with Crippen LogP contribution in [0.3, 0.4) is 0 Å². The van der Waals surface area contributed by atoms with Crippen LogP contribution in [0.25, 0.3) is 10.8 Å². The summed E-state index contributed by atoms with van der Waals surface area (Å²) in [5, 5.41) is 11.3. The van der Waals surface area contributed by atoms with Gasteiger partial charge in [0, 0.05) is 6.61 Å². The summed E-state index contributed by atoms with van der Waals surface area (Å²) in [5.41, 5.74) is 1.37. The summed E-state index contributed by atoms with van der Waals surface area (Å²) in [6, 6.07) is 12.8. The number of hydrogen-bond donors (Lipinski definition) is 1. The highest BCUT2D eigenvalue weighted by Crippen LogP contribution is 2.27. The van der Waals surface area contributed by atoms with Gasteiger partial charge in [-0.15, -0.1) is 0 Å². The van der Waals surface area contributed by atoms with E-state index < -0.39 is 0 Å². The van der Waals surface area contributed by atoms with Crippen LogP contribution in [0.5, 0.6) is 5.75 Å². The van der Waals surface area contributed by atoms with Gasteiger partial charge in [-0.1, -0.05) is 37.6 Å². The summed E-state index contributed by atoms with van der Waals surface area (Å²) in [5.74, 6) is 1.44. The molecule has 0 saturated carbocycles. The first-order valence-electron chi connectivity index (χ1n) is 6.93. The molecule has 0 amide bonds. The third-order valence-electron chi connectivity index (χ3n) is 3.69. The average molecular weight is 258 g/mol. The van der Waals surface area contributed by atoms with Gasteiger partial charge in [-0.3, -0.25) is 0 Å². The van der Waals surface area contributed by atoms with Crippen molar-refractivity contribution in [1.82, 2.24) is 0 Å². The maximum absolute atomic E-state index is 8.83. The largest absolute Gasteiger partial charge is 0.497 e. The van der Waals surface area contributed by atoms with E-state index >= 15 is 0 Å². The molecule has 2 aromatic carbocycles. The van der Waals surface area contributed by atoms with Gasteiger partial charge in [0.2, 0.25) is 0 Å². The number of fused-ring (bicyclic) bond motifs is 1. The van der Waals surface area contributed by atoms with Crippen molar-refractivity contribution in [3.05, 3.63) is 42.0 Å². The van der Waals surface area contributed by atoms with Crippen LogP contribution in [0.2, 0.25) is 0 Å². The lowest BCUT2D eigenvalue weighted by Crippen LogP contribution is -1.95. The first-order valence-corrected chi connectivity index (χ1v) is 6.93. The Balaban J connectivity index is 2.16. The second-order valence-electron chi connectivity index (χ2n) is 5.09. The average Bonchev–Trinajstić information content (AvgIpc) is 2.46. The van der Waals surface area contributed by atoms with Gasteiger partial charge in [-0.25, -0.2) is 0 Å². The number of ether oxygens (including phenoxy) is 1. The molecule has 0 aliphatic carbocycles. The Kier molecular flexibility index (Phi) is 4.80. The van der Waals surface area contributed by atoms with E-state index in [1.807, 2.05) is 6.07 Å². The Morgan fingerprint density at radius 2 is 1.79 bits per heavy atom. The highest BCUT2D eigenvalue weighted by Gasteiger charge is 2.06. The fourth-order valence-corrected chi connectivity index (χ4v) is 2.40. The minimum absolute atomic E-state index is 0.296. The van der Waals surface area contributed by atoms with Gasteiger partial charge in [0.05, 0.1) is 7.11 Å². The molecule has 1 unspecified atom stereocenters. The molecule has 1 N–H and O–H groups in total. The lowest BCUT2D eigenvalue weighted by atomic mass is 9.93. The first-order chi connectivity index (χ1) is 9.24. The van der Waals surface area contributed by atoms with E-state index in [0.29, 0.717) is 12.5 Å². The molecule has 0 bridgehead atoms. The van der Waals surface area contributed by atoms with Crippen molar-refractivity contribution >= 4 is 10.8 Å². The van der Waals surface area contributed by atoms with Crippen LogP contribution in [0.15, 0.2) is 36.4 Å². The van der Waals surface area contributed by atoms with Crippen molar-refractivity contribution in [2.24, 2.45) is 0 Å². The zero-order valence-corrected chi connectivity index (χ0v) is 11.7. The summed E-state index contributed by atoms with van der Waals surface area (Å²) in [6.45, 7) is 2.55. The number of aliphatic hydroxyl groups is 1. The lowest BCUT2D eigenvalue weighted by molar-refractivity contribution is 0.281. The number of hydrogen-bond acceptors (Lipinski definition) is 2. The van der Waals surface area contributed by atoms with E-state index in [1.54, 1.807) is 7.11 Å². The fraction of sp³-hybridized carbons (Fsp3) is 0.412. The van der Waals surface area contributed by atoms with Gasteiger partial charge in [0.25, 0.3) is 0 Å². The van der Waals surface area contributed by atoms with Crippen LogP contribution in [0, 0.1) is 0 Å². The van der Waals surface area contributed by atoms with Crippen LogP contribution < -0.4 is 4.74 Å². The predicted molar refractivity (Wildman–Crippen MR) is 79.9 cm³/mol. The van der Waals surface area contributed by atoms with Crippen molar-refractivity contribution in [3.63, 3.8) is 0 Å². The van der Waals surface area contributed by atoms with Crippen molar-refractivity contribution in [2.45, 2.75) is 32.1 Å². The lowest BCUT2D eigenvalue weighted by Gasteiger charge is -2.12. The van der Waals surface area contributed by atoms with Crippen LogP contribution in [0.4, 0.5) is 0 Å². The third-order valence-corrected chi connectivity index (χ3v) is 3.69. The van der Waals surface area contributed by atoms with Crippen molar-refractivity contribution in [1.29, 1.82) is 0 Å². The van der Waals surface area contributed by atoms with Gasteiger partial charge in [-0.2, -0.15) is 0 Å². The maximum atomic E-state index is 8.83. The predicted octanol–water partition coefficient (Wildman–Crippen LogP) is 4.11. The smallest absolute Gasteiger partial charge is 0.119 e. The molecule has 1 atom stereocenters. The van der Waals surface area contributed by atoms with Gasteiger partial charge in [0.15, 0.2) is 0 Å². The van der Waals surface area contributed by atoms with E-state index in [2.05, 4.69) is 37.3 Å². The normalized spacial score (nSPS) is 12.6. The Hall–Kier alpha value is -1.54. The summed E-state index contributed by atoms with van der Waals surface area (Å²) in [7, 11) is 1.69. The van der Waals surface area contributed by atoms with Crippen molar-refractivity contribution in [3.8, 4) is 5.75 Å². The molecular formula is C17H22O2. The summed E-state index contributed by atoms with van der Waals surface area (Å²) in [4.78, 5) is 0. The molecule has 0 heterocycles. The van der Waals surface area contributed by atoms with Crippen LogP contribution >= 0.6 is 0 Å². The minimum Gasteiger partial charge on any atom is -0.497 e. The van der Waals surface area contributed by atoms with Crippen LogP contribution in [-0.2, 0) is 0 Å². The molecule has 0 fully saturated rings. The Labute approximate surface area is 115 Å². The van der Waals surface area contributed by atoms with E-state index in [9.17, 15) is 0 Å². The number of unbranched alkanes of at least 4 members (excludes halogenated alkanes) is 1. The zero-order chi connectivity index (χ0) is 13.7. The SMILES string of the molecule is COc1ccc2cc(C(C)CCCCO)ccc2c1. The molecule has 0 aliphatic rings. The number of rotatable bonds is 6. The highest BCUT2D eigenvalue weighted by molar-refractivity contribution is 5.84. The number of methoxy groups -OCH3 is 1. The van der Waals surface area contributed by atoms with E-state index in [4.69, 9.17) is 9.84 Å².